The molecule has 18 heavy (non-hydrogen) atoms. The Morgan fingerprint density at radius 1 is 1.44 bits per heavy atom. The normalized spacial score (nSPS) is 13.2. The van der Waals surface area contributed by atoms with Crippen LogP contribution in [0.2, 0.25) is 0 Å². The number of carbonyl (C=O) groups excluding carboxylic acids is 1. The Morgan fingerprint density at radius 3 is 2.56 bits per heavy atom. The maximum absolute atomic E-state index is 13.0. The number of rotatable bonds is 3. The van der Waals surface area contributed by atoms with Crippen LogP contribution in [0.1, 0.15) is 12.5 Å². The zero-order valence-corrected chi connectivity index (χ0v) is 10.1. The number of anilines is 1. The van der Waals surface area contributed by atoms with Crippen molar-refractivity contribution in [3.8, 4) is 0 Å². The van der Waals surface area contributed by atoms with E-state index in [0.717, 1.165) is 6.07 Å². The van der Waals surface area contributed by atoms with Crippen molar-refractivity contribution in [1.29, 1.82) is 0 Å². The topological polar surface area (TPSA) is 29.1 Å². The molecular formula is C11H10ClF4NO. The summed E-state index contributed by atoms with van der Waals surface area (Å²) >= 11 is 5.44. The van der Waals surface area contributed by atoms with Crippen molar-refractivity contribution in [2.45, 2.75) is 13.1 Å². The molecule has 1 unspecified atom stereocenters. The first-order valence-corrected chi connectivity index (χ1v) is 5.52. The predicted octanol–water partition coefficient (Wildman–Crippen LogP) is 3.66. The molecule has 0 radical (unpaired) electrons. The molecule has 0 bridgehead atoms. The molecule has 0 heterocycles. The summed E-state index contributed by atoms with van der Waals surface area (Å²) in [5.41, 5.74) is -1.54. The summed E-state index contributed by atoms with van der Waals surface area (Å²) in [5.74, 6) is -2.42. The molecule has 7 heteroatoms. The van der Waals surface area contributed by atoms with E-state index in [1.807, 2.05) is 0 Å². The SMILES string of the molecule is CC(CCl)C(=O)Nc1ccc(F)c(C(F)(F)F)c1. The second-order valence-corrected chi connectivity index (χ2v) is 4.05. The van der Waals surface area contributed by atoms with Crippen LogP contribution in [0, 0.1) is 11.7 Å². The predicted molar refractivity (Wildman–Crippen MR) is 59.9 cm³/mol. The second kappa shape index (κ2) is 5.56. The molecule has 0 saturated carbocycles. The van der Waals surface area contributed by atoms with Gasteiger partial charge in [-0.3, -0.25) is 4.79 Å². The van der Waals surface area contributed by atoms with Gasteiger partial charge in [-0.15, -0.1) is 11.6 Å². The fourth-order valence-electron chi connectivity index (χ4n) is 1.16. The van der Waals surface area contributed by atoms with Gasteiger partial charge in [0.2, 0.25) is 5.91 Å². The van der Waals surface area contributed by atoms with E-state index in [9.17, 15) is 22.4 Å². The molecule has 1 amide bonds. The number of halogens is 5. The Bertz CT molecular complexity index is 447. The Hall–Kier alpha value is -1.30. The third-order valence-corrected chi connectivity index (χ3v) is 2.68. The molecule has 1 aromatic carbocycles. The van der Waals surface area contributed by atoms with Crippen LogP contribution in [0.25, 0.3) is 0 Å². The first kappa shape index (κ1) is 14.8. The van der Waals surface area contributed by atoms with Gasteiger partial charge in [-0.25, -0.2) is 4.39 Å². The monoisotopic (exact) mass is 283 g/mol. The minimum atomic E-state index is -4.80. The first-order chi connectivity index (χ1) is 8.25. The van der Waals surface area contributed by atoms with Crippen LogP contribution in [-0.4, -0.2) is 11.8 Å². The number of amides is 1. The molecule has 0 spiro atoms. The van der Waals surface area contributed by atoms with E-state index >= 15 is 0 Å². The maximum atomic E-state index is 13.0. The Kier molecular flexibility index (Phi) is 4.56. The Morgan fingerprint density at radius 2 is 2.06 bits per heavy atom. The van der Waals surface area contributed by atoms with Gasteiger partial charge in [0.05, 0.1) is 5.56 Å². The van der Waals surface area contributed by atoms with E-state index in [1.54, 1.807) is 0 Å². The number of alkyl halides is 4. The highest BCUT2D eigenvalue weighted by Gasteiger charge is 2.34. The fourth-order valence-corrected chi connectivity index (χ4v) is 1.30. The molecule has 100 valence electrons. The quantitative estimate of drug-likeness (QED) is 0.666. The van der Waals surface area contributed by atoms with Crippen LogP contribution in [0.5, 0.6) is 0 Å². The lowest BCUT2D eigenvalue weighted by Gasteiger charge is -2.12. The molecule has 0 aliphatic heterocycles. The van der Waals surface area contributed by atoms with Crippen molar-refractivity contribution in [3.05, 3.63) is 29.6 Å². The third kappa shape index (κ3) is 3.60. The van der Waals surface area contributed by atoms with Crippen LogP contribution >= 0.6 is 11.6 Å². The van der Waals surface area contributed by atoms with Gasteiger partial charge in [0.15, 0.2) is 0 Å². The average Bonchev–Trinajstić information content (AvgIpc) is 2.29. The third-order valence-electron chi connectivity index (χ3n) is 2.22. The first-order valence-electron chi connectivity index (χ1n) is 4.99. The summed E-state index contributed by atoms with van der Waals surface area (Å²) in [5, 5.41) is 2.24. The number of nitrogens with one attached hydrogen (secondary N) is 1. The smallest absolute Gasteiger partial charge is 0.326 e. The summed E-state index contributed by atoms with van der Waals surface area (Å²) in [6, 6.07) is 2.27. The van der Waals surface area contributed by atoms with Crippen molar-refractivity contribution in [3.63, 3.8) is 0 Å². The van der Waals surface area contributed by atoms with E-state index in [0.29, 0.717) is 12.1 Å². The van der Waals surface area contributed by atoms with Crippen LogP contribution in [0.4, 0.5) is 23.2 Å². The standard InChI is InChI=1S/C11H10ClF4NO/c1-6(5-12)10(18)17-7-2-3-9(13)8(4-7)11(14,15)16/h2-4,6H,5H2,1H3,(H,17,18). The van der Waals surface area contributed by atoms with E-state index in [2.05, 4.69) is 5.32 Å². The van der Waals surface area contributed by atoms with Crippen molar-refractivity contribution in [1.82, 2.24) is 0 Å². The van der Waals surface area contributed by atoms with Crippen molar-refractivity contribution >= 4 is 23.2 Å². The van der Waals surface area contributed by atoms with Crippen LogP contribution in [0.15, 0.2) is 18.2 Å². The summed E-state index contributed by atoms with van der Waals surface area (Å²) in [6.07, 6.45) is -4.80. The number of benzene rings is 1. The highest BCUT2D eigenvalue weighted by atomic mass is 35.5. The van der Waals surface area contributed by atoms with Crippen LogP contribution < -0.4 is 5.32 Å². The van der Waals surface area contributed by atoms with Crippen LogP contribution in [0.3, 0.4) is 0 Å². The van der Waals surface area contributed by atoms with E-state index in [1.165, 1.54) is 6.92 Å². The lowest BCUT2D eigenvalue weighted by molar-refractivity contribution is -0.140. The van der Waals surface area contributed by atoms with Crippen LogP contribution in [-0.2, 0) is 11.0 Å². The molecule has 0 saturated heterocycles. The lowest BCUT2D eigenvalue weighted by Crippen LogP contribution is -2.22. The molecule has 0 aliphatic rings. The lowest BCUT2D eigenvalue weighted by atomic mass is 10.1. The summed E-state index contributed by atoms with van der Waals surface area (Å²) < 4.78 is 50.2. The van der Waals surface area contributed by atoms with E-state index in [4.69, 9.17) is 11.6 Å². The van der Waals surface area contributed by atoms with Gasteiger partial charge in [-0.2, -0.15) is 13.2 Å². The summed E-state index contributed by atoms with van der Waals surface area (Å²) in [6.45, 7) is 1.52. The minimum absolute atomic E-state index is 0.0408. The van der Waals surface area contributed by atoms with E-state index in [-0.39, 0.29) is 11.6 Å². The molecule has 0 aromatic heterocycles. The fraction of sp³-hybridized carbons (Fsp3) is 0.364. The van der Waals surface area contributed by atoms with Gasteiger partial charge in [0, 0.05) is 17.5 Å². The van der Waals surface area contributed by atoms with Crippen molar-refractivity contribution in [2.24, 2.45) is 5.92 Å². The summed E-state index contributed by atoms with van der Waals surface area (Å²) in [4.78, 5) is 11.4. The molecule has 1 rings (SSSR count). The molecule has 2 nitrogen and oxygen atoms in total. The second-order valence-electron chi connectivity index (χ2n) is 3.74. The van der Waals surface area contributed by atoms with Gasteiger partial charge in [-0.05, 0) is 18.2 Å². The van der Waals surface area contributed by atoms with Crippen molar-refractivity contribution < 1.29 is 22.4 Å². The number of carbonyl (C=O) groups is 1. The van der Waals surface area contributed by atoms with Gasteiger partial charge in [-0.1, -0.05) is 6.92 Å². The molecular weight excluding hydrogens is 274 g/mol. The van der Waals surface area contributed by atoms with Gasteiger partial charge in [0.1, 0.15) is 5.82 Å². The van der Waals surface area contributed by atoms with E-state index < -0.39 is 29.4 Å². The number of hydrogen-bond donors (Lipinski definition) is 1. The zero-order valence-electron chi connectivity index (χ0n) is 9.31. The minimum Gasteiger partial charge on any atom is -0.326 e. The summed E-state index contributed by atoms with van der Waals surface area (Å²) in [7, 11) is 0. The largest absolute Gasteiger partial charge is 0.419 e. The average molecular weight is 284 g/mol. The van der Waals surface area contributed by atoms with Gasteiger partial charge < -0.3 is 5.32 Å². The maximum Gasteiger partial charge on any atom is 0.419 e. The highest BCUT2D eigenvalue weighted by molar-refractivity contribution is 6.19. The van der Waals surface area contributed by atoms with Gasteiger partial charge in [0.25, 0.3) is 0 Å². The molecule has 1 aromatic rings. The molecule has 0 aliphatic carbocycles. The molecule has 0 fully saturated rings. The van der Waals surface area contributed by atoms with Gasteiger partial charge >= 0.3 is 6.18 Å². The zero-order chi connectivity index (χ0) is 13.9. The molecule has 1 N–H and O–H groups in total. The highest BCUT2D eigenvalue weighted by Crippen LogP contribution is 2.33. The number of hydrogen-bond acceptors (Lipinski definition) is 1. The Labute approximate surface area is 106 Å². The Balaban J connectivity index is 2.96. The van der Waals surface area contributed by atoms with Crippen molar-refractivity contribution in [2.75, 3.05) is 11.2 Å². The molecule has 1 atom stereocenters.